The topological polar surface area (TPSA) is 36.1 Å². The predicted octanol–water partition coefficient (Wildman–Crippen LogP) is 4.26. The average Bonchev–Trinajstić information content (AvgIpc) is 3.08. The molecule has 1 aliphatic heterocycles. The van der Waals surface area contributed by atoms with Gasteiger partial charge in [0.15, 0.2) is 0 Å². The van der Waals surface area contributed by atoms with Crippen molar-refractivity contribution < 1.29 is 9.18 Å². The van der Waals surface area contributed by atoms with E-state index in [1.807, 2.05) is 11.0 Å². The Morgan fingerprint density at radius 1 is 1.08 bits per heavy atom. The number of rotatable bonds is 3. The van der Waals surface area contributed by atoms with Crippen LogP contribution < -0.4 is 0 Å². The van der Waals surface area contributed by atoms with Gasteiger partial charge in [-0.15, -0.1) is 0 Å². The number of H-pyrrole nitrogens is 1. The third-order valence-electron chi connectivity index (χ3n) is 5.18. The van der Waals surface area contributed by atoms with E-state index in [0.29, 0.717) is 12.3 Å². The van der Waals surface area contributed by atoms with E-state index in [-0.39, 0.29) is 11.7 Å². The van der Waals surface area contributed by atoms with Crippen LogP contribution in [0.15, 0.2) is 54.7 Å². The van der Waals surface area contributed by atoms with Gasteiger partial charge in [-0.1, -0.05) is 30.3 Å². The Kier molecular flexibility index (Phi) is 4.26. The van der Waals surface area contributed by atoms with E-state index in [1.165, 1.54) is 28.6 Å². The Balaban J connectivity index is 1.39. The zero-order chi connectivity index (χ0) is 17.2. The first-order valence-corrected chi connectivity index (χ1v) is 8.79. The lowest BCUT2D eigenvalue weighted by Gasteiger charge is -2.32. The number of benzene rings is 2. The molecule has 1 aromatic heterocycles. The number of para-hydroxylation sites is 1. The fourth-order valence-corrected chi connectivity index (χ4v) is 3.76. The molecule has 0 bridgehead atoms. The number of aromatic nitrogens is 1. The minimum absolute atomic E-state index is 0.129. The first kappa shape index (κ1) is 15.9. The minimum Gasteiger partial charge on any atom is -0.361 e. The van der Waals surface area contributed by atoms with Crippen molar-refractivity contribution in [3.05, 3.63) is 71.7 Å². The van der Waals surface area contributed by atoms with Crippen molar-refractivity contribution in [1.82, 2.24) is 9.88 Å². The number of piperidine rings is 1. The molecule has 1 fully saturated rings. The molecule has 0 unspecified atom stereocenters. The zero-order valence-corrected chi connectivity index (χ0v) is 14.0. The van der Waals surface area contributed by atoms with Gasteiger partial charge in [0.2, 0.25) is 5.91 Å². The van der Waals surface area contributed by atoms with Gasteiger partial charge in [-0.05, 0) is 48.1 Å². The number of likely N-dealkylation sites (tertiary alicyclic amines) is 1. The van der Waals surface area contributed by atoms with Crippen LogP contribution in [0.3, 0.4) is 0 Å². The highest BCUT2D eigenvalue weighted by molar-refractivity contribution is 5.83. The summed E-state index contributed by atoms with van der Waals surface area (Å²) in [6, 6.07) is 14.6. The van der Waals surface area contributed by atoms with Gasteiger partial charge in [-0.3, -0.25) is 4.79 Å². The zero-order valence-electron chi connectivity index (χ0n) is 14.0. The van der Waals surface area contributed by atoms with Crippen LogP contribution in [-0.2, 0) is 11.2 Å². The number of hydrogen-bond acceptors (Lipinski definition) is 1. The third kappa shape index (κ3) is 3.29. The van der Waals surface area contributed by atoms with Crippen molar-refractivity contribution in [2.45, 2.75) is 25.2 Å². The first-order chi connectivity index (χ1) is 12.2. The molecule has 25 heavy (non-hydrogen) atoms. The van der Waals surface area contributed by atoms with Crippen LogP contribution in [0.25, 0.3) is 10.9 Å². The van der Waals surface area contributed by atoms with Gasteiger partial charge < -0.3 is 9.88 Å². The number of nitrogens with one attached hydrogen (secondary N) is 1. The monoisotopic (exact) mass is 336 g/mol. The summed E-state index contributed by atoms with van der Waals surface area (Å²) in [6.07, 6.45) is 4.43. The number of halogens is 1. The van der Waals surface area contributed by atoms with Gasteiger partial charge in [0, 0.05) is 30.2 Å². The summed E-state index contributed by atoms with van der Waals surface area (Å²) in [7, 11) is 0. The molecule has 0 aliphatic carbocycles. The Morgan fingerprint density at radius 3 is 2.56 bits per heavy atom. The molecule has 2 aromatic carbocycles. The van der Waals surface area contributed by atoms with Crippen LogP contribution in [0.5, 0.6) is 0 Å². The molecule has 2 heterocycles. The van der Waals surface area contributed by atoms with Crippen LogP contribution >= 0.6 is 0 Å². The van der Waals surface area contributed by atoms with Crippen molar-refractivity contribution >= 4 is 16.8 Å². The molecule has 0 saturated carbocycles. The summed E-state index contributed by atoms with van der Waals surface area (Å²) in [5.41, 5.74) is 3.40. The lowest BCUT2D eigenvalue weighted by molar-refractivity contribution is -0.131. The van der Waals surface area contributed by atoms with Gasteiger partial charge in [0.25, 0.3) is 0 Å². The SMILES string of the molecule is O=C(Cc1ccc(F)cc1)N1CCC(c2c[nH]c3ccccc23)CC1. The first-order valence-electron chi connectivity index (χ1n) is 8.79. The molecule has 4 heteroatoms. The Bertz CT molecular complexity index is 876. The molecular formula is C21H21FN2O. The molecule has 1 aliphatic rings. The van der Waals surface area contributed by atoms with E-state index in [2.05, 4.69) is 29.4 Å². The standard InChI is InChI=1S/C21H21FN2O/c22-17-7-5-15(6-8-17)13-21(25)24-11-9-16(10-12-24)19-14-23-20-4-2-1-3-18(19)20/h1-8,14,16,23H,9-13H2. The number of aromatic amines is 1. The molecule has 0 atom stereocenters. The quantitative estimate of drug-likeness (QED) is 0.762. The fourth-order valence-electron chi connectivity index (χ4n) is 3.76. The highest BCUT2D eigenvalue weighted by Crippen LogP contribution is 2.33. The number of hydrogen-bond donors (Lipinski definition) is 1. The van der Waals surface area contributed by atoms with Gasteiger partial charge in [0.05, 0.1) is 6.42 Å². The molecule has 0 spiro atoms. The summed E-state index contributed by atoms with van der Waals surface area (Å²) in [5.74, 6) is 0.353. The summed E-state index contributed by atoms with van der Waals surface area (Å²) in [6.45, 7) is 1.56. The van der Waals surface area contributed by atoms with E-state index in [1.54, 1.807) is 12.1 Å². The van der Waals surface area contributed by atoms with E-state index >= 15 is 0 Å². The molecular weight excluding hydrogens is 315 g/mol. The van der Waals surface area contributed by atoms with Crippen molar-refractivity contribution in [2.24, 2.45) is 0 Å². The maximum Gasteiger partial charge on any atom is 0.226 e. The molecule has 1 N–H and O–H groups in total. The normalized spacial score (nSPS) is 15.6. The number of carbonyl (C=O) groups excluding carboxylic acids is 1. The van der Waals surface area contributed by atoms with Crippen molar-refractivity contribution in [3.8, 4) is 0 Å². The third-order valence-corrected chi connectivity index (χ3v) is 5.18. The van der Waals surface area contributed by atoms with Crippen molar-refractivity contribution in [3.63, 3.8) is 0 Å². The average molecular weight is 336 g/mol. The van der Waals surface area contributed by atoms with Crippen LogP contribution in [-0.4, -0.2) is 28.9 Å². The van der Waals surface area contributed by atoms with E-state index in [9.17, 15) is 9.18 Å². The van der Waals surface area contributed by atoms with Gasteiger partial charge in [-0.25, -0.2) is 4.39 Å². The summed E-state index contributed by atoms with van der Waals surface area (Å²) < 4.78 is 13.0. The van der Waals surface area contributed by atoms with Crippen molar-refractivity contribution in [1.29, 1.82) is 0 Å². The smallest absolute Gasteiger partial charge is 0.226 e. The van der Waals surface area contributed by atoms with Crippen LogP contribution in [0.1, 0.15) is 29.9 Å². The van der Waals surface area contributed by atoms with Gasteiger partial charge in [0.1, 0.15) is 5.82 Å². The highest BCUT2D eigenvalue weighted by Gasteiger charge is 2.25. The Morgan fingerprint density at radius 2 is 1.80 bits per heavy atom. The summed E-state index contributed by atoms with van der Waals surface area (Å²) in [4.78, 5) is 17.8. The summed E-state index contributed by atoms with van der Waals surface area (Å²) in [5, 5.41) is 1.29. The minimum atomic E-state index is -0.268. The second-order valence-corrected chi connectivity index (χ2v) is 6.75. The van der Waals surface area contributed by atoms with Gasteiger partial charge >= 0.3 is 0 Å². The number of amides is 1. The highest BCUT2D eigenvalue weighted by atomic mass is 19.1. The lowest BCUT2D eigenvalue weighted by Crippen LogP contribution is -2.38. The molecule has 3 nitrogen and oxygen atoms in total. The maximum atomic E-state index is 13.0. The van der Waals surface area contributed by atoms with E-state index in [0.717, 1.165) is 31.5 Å². The molecule has 4 rings (SSSR count). The Labute approximate surface area is 146 Å². The lowest BCUT2D eigenvalue weighted by atomic mass is 9.89. The largest absolute Gasteiger partial charge is 0.361 e. The van der Waals surface area contributed by atoms with Crippen LogP contribution in [0.4, 0.5) is 4.39 Å². The predicted molar refractivity (Wildman–Crippen MR) is 97.0 cm³/mol. The van der Waals surface area contributed by atoms with Crippen molar-refractivity contribution in [2.75, 3.05) is 13.1 Å². The Hall–Kier alpha value is -2.62. The van der Waals surface area contributed by atoms with E-state index in [4.69, 9.17) is 0 Å². The molecule has 128 valence electrons. The number of carbonyl (C=O) groups is 1. The molecule has 1 amide bonds. The molecule has 0 radical (unpaired) electrons. The number of nitrogens with zero attached hydrogens (tertiary/aromatic N) is 1. The van der Waals surface area contributed by atoms with Crippen LogP contribution in [0.2, 0.25) is 0 Å². The second kappa shape index (κ2) is 6.71. The maximum absolute atomic E-state index is 13.0. The second-order valence-electron chi connectivity index (χ2n) is 6.75. The number of fused-ring (bicyclic) bond motifs is 1. The molecule has 1 saturated heterocycles. The molecule has 3 aromatic rings. The van der Waals surface area contributed by atoms with E-state index < -0.39 is 0 Å². The fraction of sp³-hybridized carbons (Fsp3) is 0.286. The van der Waals surface area contributed by atoms with Crippen LogP contribution in [0, 0.1) is 5.82 Å². The van der Waals surface area contributed by atoms with Gasteiger partial charge in [-0.2, -0.15) is 0 Å². The summed E-state index contributed by atoms with van der Waals surface area (Å²) >= 11 is 0.